The number of aliphatic carboxylic acids is 1. The molecule has 1 heterocycles. The molecule has 0 saturated heterocycles. The predicted molar refractivity (Wildman–Crippen MR) is 70.8 cm³/mol. The maximum absolute atomic E-state index is 10.9. The summed E-state index contributed by atoms with van der Waals surface area (Å²) >= 11 is 0. The summed E-state index contributed by atoms with van der Waals surface area (Å²) < 4.78 is 5.20. The van der Waals surface area contributed by atoms with Crippen LogP contribution in [-0.4, -0.2) is 38.7 Å². The van der Waals surface area contributed by atoms with Crippen LogP contribution in [-0.2, 0) is 16.8 Å². The molecule has 1 aromatic heterocycles. The van der Waals surface area contributed by atoms with Gasteiger partial charge in [-0.3, -0.25) is 9.69 Å². The molecule has 1 aromatic rings. The van der Waals surface area contributed by atoms with Crippen molar-refractivity contribution in [1.29, 1.82) is 0 Å². The highest BCUT2D eigenvalue weighted by Gasteiger charge is 2.23. The van der Waals surface area contributed by atoms with Gasteiger partial charge in [0.25, 0.3) is 0 Å². The van der Waals surface area contributed by atoms with E-state index in [-0.39, 0.29) is 18.0 Å². The first-order valence-corrected chi connectivity index (χ1v) is 6.53. The van der Waals surface area contributed by atoms with E-state index in [1.54, 1.807) is 0 Å². The van der Waals surface area contributed by atoms with Gasteiger partial charge in [-0.25, -0.2) is 0 Å². The molecule has 0 aliphatic carbocycles. The summed E-state index contributed by atoms with van der Waals surface area (Å²) in [6, 6.07) is 0.154. The zero-order valence-electron chi connectivity index (χ0n) is 12.3. The molecule has 19 heavy (non-hydrogen) atoms. The number of carbonyl (C=O) groups is 1. The molecule has 0 spiro atoms. The summed E-state index contributed by atoms with van der Waals surface area (Å²) in [6.45, 7) is 10.4. The second kappa shape index (κ2) is 6.14. The highest BCUT2D eigenvalue weighted by atomic mass is 16.5. The third kappa shape index (κ3) is 4.63. The molecule has 0 aliphatic rings. The topological polar surface area (TPSA) is 79.5 Å². The first-order chi connectivity index (χ1) is 8.74. The summed E-state index contributed by atoms with van der Waals surface area (Å²) in [5, 5.41) is 12.9. The van der Waals surface area contributed by atoms with Gasteiger partial charge < -0.3 is 9.63 Å². The first kappa shape index (κ1) is 15.6. The van der Waals surface area contributed by atoms with Gasteiger partial charge in [0.1, 0.15) is 0 Å². The smallest absolute Gasteiger partial charge is 0.317 e. The second-order valence-electron chi connectivity index (χ2n) is 5.82. The normalized spacial score (nSPS) is 13.8. The summed E-state index contributed by atoms with van der Waals surface area (Å²) in [7, 11) is 0. The lowest BCUT2D eigenvalue weighted by Gasteiger charge is -2.24. The minimum atomic E-state index is -0.851. The molecular formula is C13H23N3O3. The van der Waals surface area contributed by atoms with E-state index in [1.165, 1.54) is 0 Å². The molecule has 0 amide bonds. The zero-order valence-corrected chi connectivity index (χ0v) is 12.3. The van der Waals surface area contributed by atoms with E-state index >= 15 is 0 Å². The van der Waals surface area contributed by atoms with Gasteiger partial charge in [-0.1, -0.05) is 32.9 Å². The molecule has 0 saturated carbocycles. The van der Waals surface area contributed by atoms with Gasteiger partial charge in [0, 0.05) is 11.5 Å². The Balaban J connectivity index is 2.79. The SMILES string of the molecule is CCC(C)N(CC(=O)O)Cc1nc(C(C)(C)C)no1. The van der Waals surface area contributed by atoms with Crippen LogP contribution >= 0.6 is 0 Å². The van der Waals surface area contributed by atoms with Gasteiger partial charge in [-0.05, 0) is 13.3 Å². The third-order valence-electron chi connectivity index (χ3n) is 3.03. The number of aromatic nitrogens is 2. The van der Waals surface area contributed by atoms with E-state index in [1.807, 2.05) is 39.5 Å². The van der Waals surface area contributed by atoms with Gasteiger partial charge in [0.2, 0.25) is 5.89 Å². The molecule has 1 atom stereocenters. The minimum absolute atomic E-state index is 0.0256. The highest BCUT2D eigenvalue weighted by molar-refractivity contribution is 5.69. The van der Waals surface area contributed by atoms with Gasteiger partial charge in [0.15, 0.2) is 5.82 Å². The molecule has 6 heteroatoms. The Kier molecular flexibility index (Phi) is 5.05. The Morgan fingerprint density at radius 1 is 1.47 bits per heavy atom. The van der Waals surface area contributed by atoms with E-state index in [4.69, 9.17) is 9.63 Å². The standard InChI is InChI=1S/C13H23N3O3/c1-6-9(2)16(8-11(17)18)7-10-14-12(15-19-10)13(3,4)5/h9H,6-8H2,1-5H3,(H,17,18). The van der Waals surface area contributed by atoms with E-state index in [0.717, 1.165) is 6.42 Å². The molecule has 6 nitrogen and oxygen atoms in total. The lowest BCUT2D eigenvalue weighted by molar-refractivity contribution is -0.139. The fourth-order valence-corrected chi connectivity index (χ4v) is 1.60. The highest BCUT2D eigenvalue weighted by Crippen LogP contribution is 2.19. The number of carboxylic acids is 1. The monoisotopic (exact) mass is 269 g/mol. The predicted octanol–water partition coefficient (Wildman–Crippen LogP) is 2.05. The van der Waals surface area contributed by atoms with E-state index < -0.39 is 5.97 Å². The van der Waals surface area contributed by atoms with Crippen molar-refractivity contribution in [2.24, 2.45) is 0 Å². The maximum Gasteiger partial charge on any atom is 0.317 e. The van der Waals surface area contributed by atoms with E-state index in [9.17, 15) is 4.79 Å². The Morgan fingerprint density at radius 3 is 2.53 bits per heavy atom. The second-order valence-corrected chi connectivity index (χ2v) is 5.82. The number of hydrogen-bond donors (Lipinski definition) is 1. The van der Waals surface area contributed by atoms with E-state index in [0.29, 0.717) is 18.3 Å². The van der Waals surface area contributed by atoms with Crippen molar-refractivity contribution in [3.8, 4) is 0 Å². The molecule has 0 aromatic carbocycles. The molecule has 108 valence electrons. The van der Waals surface area contributed by atoms with Gasteiger partial charge in [-0.2, -0.15) is 4.98 Å². The molecule has 0 aliphatic heterocycles. The van der Waals surface area contributed by atoms with Crippen LogP contribution in [0.5, 0.6) is 0 Å². The molecule has 1 rings (SSSR count). The first-order valence-electron chi connectivity index (χ1n) is 6.53. The Bertz CT molecular complexity index is 423. The van der Waals surface area contributed by atoms with Crippen LogP contribution in [0.1, 0.15) is 52.8 Å². The molecule has 1 N–H and O–H groups in total. The maximum atomic E-state index is 10.9. The quantitative estimate of drug-likeness (QED) is 0.851. The van der Waals surface area contributed by atoms with Gasteiger partial charge in [0.05, 0.1) is 13.1 Å². The Labute approximate surface area is 113 Å². The van der Waals surface area contributed by atoms with Crippen molar-refractivity contribution in [3.63, 3.8) is 0 Å². The van der Waals surface area contributed by atoms with Crippen LogP contribution in [0.15, 0.2) is 4.52 Å². The van der Waals surface area contributed by atoms with Crippen LogP contribution in [0.2, 0.25) is 0 Å². The summed E-state index contributed by atoms with van der Waals surface area (Å²) in [5.41, 5.74) is -0.171. The average Bonchev–Trinajstić information content (AvgIpc) is 2.74. The van der Waals surface area contributed by atoms with Crippen molar-refractivity contribution in [2.75, 3.05) is 6.54 Å². The van der Waals surface area contributed by atoms with Crippen LogP contribution in [0.4, 0.5) is 0 Å². The van der Waals surface area contributed by atoms with Crippen molar-refractivity contribution in [3.05, 3.63) is 11.7 Å². The average molecular weight is 269 g/mol. The number of nitrogens with zero attached hydrogens (tertiary/aromatic N) is 3. The van der Waals surface area contributed by atoms with Crippen LogP contribution in [0.3, 0.4) is 0 Å². The van der Waals surface area contributed by atoms with Crippen molar-refractivity contribution >= 4 is 5.97 Å². The number of rotatable bonds is 6. The Morgan fingerprint density at radius 2 is 2.11 bits per heavy atom. The summed E-state index contributed by atoms with van der Waals surface area (Å²) in [5.74, 6) is 0.254. The molecule has 0 bridgehead atoms. The lowest BCUT2D eigenvalue weighted by Crippen LogP contribution is -2.36. The molecular weight excluding hydrogens is 246 g/mol. The number of carboxylic acid groups (broad SMARTS) is 1. The minimum Gasteiger partial charge on any atom is -0.480 e. The largest absolute Gasteiger partial charge is 0.480 e. The van der Waals surface area contributed by atoms with Crippen molar-refractivity contribution in [2.45, 2.75) is 59.0 Å². The van der Waals surface area contributed by atoms with Crippen LogP contribution < -0.4 is 0 Å². The summed E-state index contributed by atoms with van der Waals surface area (Å²) in [6.07, 6.45) is 0.869. The van der Waals surface area contributed by atoms with Gasteiger partial charge >= 0.3 is 5.97 Å². The molecule has 0 radical (unpaired) electrons. The molecule has 0 fully saturated rings. The van der Waals surface area contributed by atoms with E-state index in [2.05, 4.69) is 10.1 Å². The van der Waals surface area contributed by atoms with Crippen molar-refractivity contribution < 1.29 is 14.4 Å². The number of hydrogen-bond acceptors (Lipinski definition) is 5. The van der Waals surface area contributed by atoms with Gasteiger partial charge in [-0.15, -0.1) is 0 Å². The fourth-order valence-electron chi connectivity index (χ4n) is 1.60. The fraction of sp³-hybridized carbons (Fsp3) is 0.769. The van der Waals surface area contributed by atoms with Crippen LogP contribution in [0, 0.1) is 0 Å². The third-order valence-corrected chi connectivity index (χ3v) is 3.03. The molecule has 1 unspecified atom stereocenters. The zero-order chi connectivity index (χ0) is 14.6. The van der Waals surface area contributed by atoms with Crippen LogP contribution in [0.25, 0.3) is 0 Å². The van der Waals surface area contributed by atoms with Crippen molar-refractivity contribution in [1.82, 2.24) is 15.0 Å². The lowest BCUT2D eigenvalue weighted by atomic mass is 9.96. The summed E-state index contributed by atoms with van der Waals surface area (Å²) in [4.78, 5) is 17.0. The Hall–Kier alpha value is -1.43.